The summed E-state index contributed by atoms with van der Waals surface area (Å²) in [6.45, 7) is 1.59. The second-order valence-corrected chi connectivity index (χ2v) is 5.88. The van der Waals surface area contributed by atoms with Crippen LogP contribution in [-0.4, -0.2) is 28.2 Å². The zero-order valence-corrected chi connectivity index (χ0v) is 14.9. The fourth-order valence-corrected chi connectivity index (χ4v) is 2.79. The minimum Gasteiger partial charge on any atom is -0.477 e. The number of nitrogens with zero attached hydrogens (tertiary/aromatic N) is 3. The van der Waals surface area contributed by atoms with Crippen molar-refractivity contribution >= 4 is 28.7 Å². The highest BCUT2D eigenvalue weighted by atomic mass is 16.6. The van der Waals surface area contributed by atoms with Crippen molar-refractivity contribution in [2.24, 2.45) is 12.1 Å². The molecule has 138 valence electrons. The first kappa shape index (κ1) is 18.1. The quantitative estimate of drug-likeness (QED) is 0.412. The predicted octanol–water partition coefficient (Wildman–Crippen LogP) is 2.92. The third kappa shape index (κ3) is 3.79. The lowest BCUT2D eigenvalue weighted by atomic mass is 10.1. The van der Waals surface area contributed by atoms with Crippen molar-refractivity contribution in [1.29, 1.82) is 0 Å². The maximum Gasteiger partial charge on any atom is 0.310 e. The Kier molecular flexibility index (Phi) is 5.16. The van der Waals surface area contributed by atoms with E-state index in [0.717, 1.165) is 22.2 Å². The molecule has 27 heavy (non-hydrogen) atoms. The molecule has 0 radical (unpaired) electrons. The van der Waals surface area contributed by atoms with Crippen molar-refractivity contribution in [1.82, 2.24) is 9.99 Å². The van der Waals surface area contributed by atoms with E-state index >= 15 is 0 Å². The lowest BCUT2D eigenvalue weighted by Crippen LogP contribution is -2.24. The van der Waals surface area contributed by atoms with Crippen LogP contribution in [0.2, 0.25) is 0 Å². The van der Waals surface area contributed by atoms with E-state index in [1.165, 1.54) is 18.2 Å². The lowest BCUT2D eigenvalue weighted by molar-refractivity contribution is -0.385. The zero-order chi connectivity index (χ0) is 19.4. The van der Waals surface area contributed by atoms with Crippen molar-refractivity contribution in [3.8, 4) is 5.75 Å². The molecule has 0 fully saturated rings. The highest BCUT2D eigenvalue weighted by molar-refractivity contribution is 6.01. The Morgan fingerprint density at radius 2 is 1.96 bits per heavy atom. The number of fused-ring (bicyclic) bond motifs is 1. The lowest BCUT2D eigenvalue weighted by Gasteiger charge is -2.05. The molecule has 3 aromatic rings. The van der Waals surface area contributed by atoms with Gasteiger partial charge in [0.05, 0.1) is 11.1 Å². The Hall–Kier alpha value is -3.68. The molecule has 0 saturated heterocycles. The van der Waals surface area contributed by atoms with Crippen LogP contribution in [0.5, 0.6) is 5.75 Å². The van der Waals surface area contributed by atoms with Crippen LogP contribution < -0.4 is 10.2 Å². The van der Waals surface area contributed by atoms with E-state index in [4.69, 9.17) is 4.74 Å². The van der Waals surface area contributed by atoms with Gasteiger partial charge in [-0.1, -0.05) is 30.3 Å². The monoisotopic (exact) mass is 366 g/mol. The molecule has 0 bridgehead atoms. The summed E-state index contributed by atoms with van der Waals surface area (Å²) in [5.41, 5.74) is 5.18. The van der Waals surface area contributed by atoms with Gasteiger partial charge in [0, 0.05) is 35.3 Å². The molecule has 0 unspecified atom stereocenters. The fraction of sp³-hybridized carbons (Fsp3) is 0.158. The largest absolute Gasteiger partial charge is 0.477 e. The van der Waals surface area contributed by atoms with Gasteiger partial charge in [-0.25, -0.2) is 5.43 Å². The molecule has 1 N–H and O–H groups in total. The number of amides is 1. The molecule has 1 amide bonds. The van der Waals surface area contributed by atoms with Gasteiger partial charge in [0.15, 0.2) is 12.4 Å². The van der Waals surface area contributed by atoms with Gasteiger partial charge in [0.1, 0.15) is 0 Å². The first-order chi connectivity index (χ1) is 13.0. The third-order valence-corrected chi connectivity index (χ3v) is 4.25. The molecule has 1 aromatic heterocycles. The van der Waals surface area contributed by atoms with Crippen LogP contribution >= 0.6 is 0 Å². The zero-order valence-electron chi connectivity index (χ0n) is 14.9. The minimum absolute atomic E-state index is 0.0338. The number of hydrogen-bond donors (Lipinski definition) is 1. The molecule has 0 saturated carbocycles. The summed E-state index contributed by atoms with van der Waals surface area (Å²) in [6.07, 6.45) is 1.58. The Morgan fingerprint density at radius 3 is 2.74 bits per heavy atom. The van der Waals surface area contributed by atoms with E-state index in [1.54, 1.807) is 12.3 Å². The second-order valence-electron chi connectivity index (χ2n) is 5.88. The summed E-state index contributed by atoms with van der Waals surface area (Å²) < 4.78 is 7.28. The molecule has 0 spiro atoms. The molecule has 0 aliphatic rings. The molecule has 3 rings (SSSR count). The molecule has 2 aromatic carbocycles. The molecule has 0 aliphatic heterocycles. The van der Waals surface area contributed by atoms with Gasteiger partial charge in [0.2, 0.25) is 0 Å². The Bertz CT molecular complexity index is 1040. The maximum atomic E-state index is 11.9. The van der Waals surface area contributed by atoms with Crippen molar-refractivity contribution in [2.75, 3.05) is 6.61 Å². The number of rotatable bonds is 6. The minimum atomic E-state index is -0.561. The highest BCUT2D eigenvalue weighted by Gasteiger charge is 2.15. The Labute approximate surface area is 155 Å². The van der Waals surface area contributed by atoms with Crippen molar-refractivity contribution < 1.29 is 14.5 Å². The van der Waals surface area contributed by atoms with E-state index < -0.39 is 10.8 Å². The average molecular weight is 366 g/mol. The number of para-hydroxylation sites is 3. The number of nitrogens with one attached hydrogen (secondary N) is 1. The van der Waals surface area contributed by atoms with E-state index in [2.05, 4.69) is 15.1 Å². The number of hydrogen-bond acceptors (Lipinski definition) is 5. The van der Waals surface area contributed by atoms with E-state index in [0.29, 0.717) is 0 Å². The van der Waals surface area contributed by atoms with Crippen molar-refractivity contribution in [2.45, 2.75) is 6.92 Å². The SMILES string of the molecule is Cc1c(/C=N/NC(=O)COc2ccccc2[N+](=O)[O-])c2ccccc2n1C. The van der Waals surface area contributed by atoms with Crippen LogP contribution in [0.3, 0.4) is 0 Å². The van der Waals surface area contributed by atoms with E-state index in [9.17, 15) is 14.9 Å². The van der Waals surface area contributed by atoms with E-state index in [1.807, 2.05) is 38.2 Å². The highest BCUT2D eigenvalue weighted by Crippen LogP contribution is 2.25. The van der Waals surface area contributed by atoms with Crippen LogP contribution in [-0.2, 0) is 11.8 Å². The number of nitro benzene ring substituents is 1. The van der Waals surface area contributed by atoms with Crippen molar-refractivity contribution in [3.05, 3.63) is 69.9 Å². The fourth-order valence-electron chi connectivity index (χ4n) is 2.79. The van der Waals surface area contributed by atoms with Gasteiger partial charge in [0.25, 0.3) is 5.91 Å². The number of carbonyl (C=O) groups excluding carboxylic acids is 1. The number of hydrazone groups is 1. The summed E-state index contributed by atoms with van der Waals surface area (Å²) in [4.78, 5) is 22.3. The molecule has 8 heteroatoms. The summed E-state index contributed by atoms with van der Waals surface area (Å²) >= 11 is 0. The summed E-state index contributed by atoms with van der Waals surface area (Å²) in [5, 5.41) is 16.0. The number of aromatic nitrogens is 1. The smallest absolute Gasteiger partial charge is 0.310 e. The normalized spacial score (nSPS) is 11.0. The summed E-state index contributed by atoms with van der Waals surface area (Å²) in [7, 11) is 1.97. The number of aryl methyl sites for hydroxylation is 1. The van der Waals surface area contributed by atoms with Gasteiger partial charge in [-0.05, 0) is 19.1 Å². The van der Waals surface area contributed by atoms with Crippen LogP contribution in [0.4, 0.5) is 5.69 Å². The van der Waals surface area contributed by atoms with Gasteiger partial charge < -0.3 is 9.30 Å². The number of ether oxygens (including phenoxy) is 1. The summed E-state index contributed by atoms with van der Waals surface area (Å²) in [6, 6.07) is 13.8. The van der Waals surface area contributed by atoms with Gasteiger partial charge in [-0.15, -0.1) is 0 Å². The third-order valence-electron chi connectivity index (χ3n) is 4.25. The molecule has 0 aliphatic carbocycles. The predicted molar refractivity (Wildman–Crippen MR) is 102 cm³/mol. The molecule has 1 heterocycles. The van der Waals surface area contributed by atoms with Gasteiger partial charge in [-0.3, -0.25) is 14.9 Å². The molecule has 8 nitrogen and oxygen atoms in total. The topological polar surface area (TPSA) is 98.8 Å². The molecule has 0 atom stereocenters. The summed E-state index contributed by atoms with van der Waals surface area (Å²) in [5.74, 6) is -0.478. The second kappa shape index (κ2) is 7.69. The van der Waals surface area contributed by atoms with Crippen LogP contribution in [0, 0.1) is 17.0 Å². The van der Waals surface area contributed by atoms with Gasteiger partial charge >= 0.3 is 5.69 Å². The number of benzene rings is 2. The average Bonchev–Trinajstić information content (AvgIpc) is 2.91. The van der Waals surface area contributed by atoms with Crippen LogP contribution in [0.25, 0.3) is 10.9 Å². The van der Waals surface area contributed by atoms with E-state index in [-0.39, 0.29) is 18.0 Å². The van der Waals surface area contributed by atoms with Crippen LogP contribution in [0.1, 0.15) is 11.3 Å². The Morgan fingerprint density at radius 1 is 1.26 bits per heavy atom. The standard InChI is InChI=1S/C19H18N4O4/c1-13-15(14-7-3-4-8-16(14)22(13)2)11-20-21-19(24)12-27-18-10-6-5-9-17(18)23(25)26/h3-11H,12H2,1-2H3,(H,21,24)/b20-11+. The first-order valence-electron chi connectivity index (χ1n) is 8.21. The number of carbonyl (C=O) groups is 1. The maximum absolute atomic E-state index is 11.9. The van der Waals surface area contributed by atoms with Crippen LogP contribution in [0.15, 0.2) is 53.6 Å². The molecular weight excluding hydrogens is 348 g/mol. The number of nitro groups is 1. The Balaban J connectivity index is 1.65. The first-order valence-corrected chi connectivity index (χ1v) is 8.21. The van der Waals surface area contributed by atoms with Gasteiger partial charge in [-0.2, -0.15) is 5.10 Å². The molecular formula is C19H18N4O4. The van der Waals surface area contributed by atoms with Crippen molar-refractivity contribution in [3.63, 3.8) is 0 Å².